The molecule has 3 heterocycles. The van der Waals surface area contributed by atoms with E-state index in [0.29, 0.717) is 6.54 Å². The van der Waals surface area contributed by atoms with Crippen molar-refractivity contribution in [3.8, 4) is 0 Å². The molecule has 0 atom stereocenters. The first-order valence-electron chi connectivity index (χ1n) is 8.45. The van der Waals surface area contributed by atoms with E-state index in [0.717, 1.165) is 30.5 Å². The van der Waals surface area contributed by atoms with E-state index in [2.05, 4.69) is 64.1 Å². The summed E-state index contributed by atoms with van der Waals surface area (Å²) < 4.78 is 1.96. The van der Waals surface area contributed by atoms with E-state index in [1.165, 1.54) is 4.88 Å². The number of pyridine rings is 1. The molecular weight excluding hydrogens is 459 g/mol. The van der Waals surface area contributed by atoms with Gasteiger partial charge in [0, 0.05) is 29.6 Å². The molecule has 0 aliphatic rings. The van der Waals surface area contributed by atoms with Gasteiger partial charge >= 0.3 is 0 Å². The Labute approximate surface area is 175 Å². The van der Waals surface area contributed by atoms with Crippen molar-refractivity contribution >= 4 is 46.9 Å². The Kier molecular flexibility index (Phi) is 7.39. The summed E-state index contributed by atoms with van der Waals surface area (Å²) in [5.74, 6) is 1.62. The number of guanidine groups is 1. The van der Waals surface area contributed by atoms with Gasteiger partial charge in [0.25, 0.3) is 0 Å². The zero-order valence-electron chi connectivity index (χ0n) is 15.3. The summed E-state index contributed by atoms with van der Waals surface area (Å²) in [6, 6.07) is 10.1. The first kappa shape index (κ1) is 20.6. The smallest absolute Gasteiger partial charge is 0.191 e. The minimum atomic E-state index is 0. The number of aromatic nitrogens is 3. The van der Waals surface area contributed by atoms with E-state index in [-0.39, 0.29) is 29.4 Å². The van der Waals surface area contributed by atoms with Crippen LogP contribution in [0.15, 0.2) is 46.9 Å². The fraction of sp³-hybridized carbons (Fsp3) is 0.389. The van der Waals surface area contributed by atoms with Gasteiger partial charge in [-0.15, -0.1) is 45.5 Å². The average molecular weight is 484 g/mol. The maximum atomic E-state index is 4.66. The molecule has 0 unspecified atom stereocenters. The Morgan fingerprint density at radius 3 is 2.77 bits per heavy atom. The summed E-state index contributed by atoms with van der Waals surface area (Å²) in [4.78, 5) is 6.03. The quantitative estimate of drug-likeness (QED) is 0.320. The maximum absolute atomic E-state index is 4.66. The molecule has 6 nitrogen and oxygen atoms in total. The van der Waals surface area contributed by atoms with E-state index in [4.69, 9.17) is 0 Å². The zero-order valence-corrected chi connectivity index (χ0v) is 18.4. The van der Waals surface area contributed by atoms with Crippen LogP contribution >= 0.6 is 35.3 Å². The van der Waals surface area contributed by atoms with Crippen molar-refractivity contribution in [3.05, 3.63) is 52.6 Å². The molecule has 0 fully saturated rings. The third-order valence-electron chi connectivity index (χ3n) is 3.99. The van der Waals surface area contributed by atoms with Crippen LogP contribution in [0.3, 0.4) is 0 Å². The van der Waals surface area contributed by atoms with Gasteiger partial charge in [-0.25, -0.2) is 4.99 Å². The zero-order chi connectivity index (χ0) is 17.7. The fourth-order valence-corrected chi connectivity index (χ4v) is 3.40. The monoisotopic (exact) mass is 484 g/mol. The van der Waals surface area contributed by atoms with E-state index < -0.39 is 0 Å². The normalized spacial score (nSPS) is 12.0. The van der Waals surface area contributed by atoms with Gasteiger partial charge in [0.2, 0.25) is 0 Å². The lowest BCUT2D eigenvalue weighted by molar-refractivity contribution is 0.518. The highest BCUT2D eigenvalue weighted by atomic mass is 127. The highest BCUT2D eigenvalue weighted by Gasteiger charge is 2.21. The predicted molar refractivity (Wildman–Crippen MR) is 119 cm³/mol. The van der Waals surface area contributed by atoms with E-state index in [9.17, 15) is 0 Å². The fourth-order valence-electron chi connectivity index (χ4n) is 2.55. The molecule has 2 N–H and O–H groups in total. The molecule has 3 aromatic heterocycles. The molecule has 0 aliphatic heterocycles. The standard InChI is InChI=1S/C18H24N6S.HI/c1-4-19-17(21-13-18(2,3)14-8-7-11-25-14)20-12-16-23-22-15-9-5-6-10-24(15)16;/h5-11H,4,12-13H2,1-3H3,(H2,19,20,21);1H. The van der Waals surface area contributed by atoms with Crippen LogP contribution in [-0.4, -0.2) is 33.6 Å². The number of halogens is 1. The molecule has 0 spiro atoms. The Balaban J connectivity index is 0.00000243. The Bertz CT molecular complexity index is 840. The van der Waals surface area contributed by atoms with Crippen LogP contribution in [0.1, 0.15) is 31.5 Å². The largest absolute Gasteiger partial charge is 0.357 e. The predicted octanol–water partition coefficient (Wildman–Crippen LogP) is 3.44. The number of nitrogens with one attached hydrogen (secondary N) is 2. The Morgan fingerprint density at radius 2 is 2.04 bits per heavy atom. The Hall–Kier alpha value is -1.68. The molecule has 3 aromatic rings. The topological polar surface area (TPSA) is 66.6 Å². The minimum absolute atomic E-state index is 0. The maximum Gasteiger partial charge on any atom is 0.191 e. The number of nitrogens with zero attached hydrogens (tertiary/aromatic N) is 4. The molecule has 0 amide bonds. The summed E-state index contributed by atoms with van der Waals surface area (Å²) >= 11 is 1.79. The lowest BCUT2D eigenvalue weighted by Crippen LogP contribution is -2.43. The van der Waals surface area contributed by atoms with Gasteiger partial charge in [-0.1, -0.05) is 26.0 Å². The molecule has 0 aliphatic carbocycles. The summed E-state index contributed by atoms with van der Waals surface area (Å²) in [6.07, 6.45) is 1.96. The number of hydrogen-bond acceptors (Lipinski definition) is 4. The van der Waals surface area contributed by atoms with Crippen molar-refractivity contribution in [2.45, 2.75) is 32.7 Å². The van der Waals surface area contributed by atoms with E-state index in [1.807, 2.05) is 28.8 Å². The van der Waals surface area contributed by atoms with E-state index in [1.54, 1.807) is 11.3 Å². The summed E-state index contributed by atoms with van der Waals surface area (Å²) in [7, 11) is 0. The second-order valence-corrected chi connectivity index (χ2v) is 7.40. The van der Waals surface area contributed by atoms with Gasteiger partial charge in [0.1, 0.15) is 6.54 Å². The number of thiophene rings is 1. The van der Waals surface area contributed by atoms with Crippen molar-refractivity contribution in [2.24, 2.45) is 4.99 Å². The van der Waals surface area contributed by atoms with Gasteiger partial charge in [-0.2, -0.15) is 0 Å². The molecule has 26 heavy (non-hydrogen) atoms. The van der Waals surface area contributed by atoms with Gasteiger partial charge < -0.3 is 10.6 Å². The first-order valence-corrected chi connectivity index (χ1v) is 9.33. The van der Waals surface area contributed by atoms with Crippen LogP contribution in [-0.2, 0) is 12.0 Å². The second kappa shape index (κ2) is 9.31. The van der Waals surface area contributed by atoms with Crippen LogP contribution in [0.4, 0.5) is 0 Å². The van der Waals surface area contributed by atoms with Gasteiger partial charge in [0.15, 0.2) is 17.4 Å². The SMILES string of the molecule is CCNC(=NCc1nnc2ccccn12)NCC(C)(C)c1cccs1.I. The highest BCUT2D eigenvalue weighted by molar-refractivity contribution is 14.0. The summed E-state index contributed by atoms with van der Waals surface area (Å²) in [5, 5.41) is 17.3. The summed E-state index contributed by atoms with van der Waals surface area (Å²) in [5.41, 5.74) is 0.885. The first-order chi connectivity index (χ1) is 12.1. The molecule has 0 aromatic carbocycles. The average Bonchev–Trinajstić information content (AvgIpc) is 3.28. The third-order valence-corrected chi connectivity index (χ3v) is 5.23. The molecule has 0 saturated heterocycles. The minimum Gasteiger partial charge on any atom is -0.357 e. The van der Waals surface area contributed by atoms with Crippen LogP contribution in [0.25, 0.3) is 5.65 Å². The van der Waals surface area contributed by atoms with Crippen molar-refractivity contribution in [3.63, 3.8) is 0 Å². The molecular formula is C18H25IN6S. The van der Waals surface area contributed by atoms with Crippen molar-refractivity contribution in [1.82, 2.24) is 25.2 Å². The van der Waals surface area contributed by atoms with Crippen LogP contribution < -0.4 is 10.6 Å². The Morgan fingerprint density at radius 1 is 1.19 bits per heavy atom. The van der Waals surface area contributed by atoms with Crippen molar-refractivity contribution in [2.75, 3.05) is 13.1 Å². The van der Waals surface area contributed by atoms with E-state index >= 15 is 0 Å². The van der Waals surface area contributed by atoms with Crippen LogP contribution in [0.2, 0.25) is 0 Å². The molecule has 0 bridgehead atoms. The highest BCUT2D eigenvalue weighted by Crippen LogP contribution is 2.26. The molecule has 0 saturated carbocycles. The number of aliphatic imine (C=N–C) groups is 1. The molecule has 8 heteroatoms. The molecule has 0 radical (unpaired) electrons. The van der Waals surface area contributed by atoms with Crippen molar-refractivity contribution in [1.29, 1.82) is 0 Å². The van der Waals surface area contributed by atoms with Crippen molar-refractivity contribution < 1.29 is 0 Å². The van der Waals surface area contributed by atoms with Gasteiger partial charge in [-0.3, -0.25) is 4.40 Å². The number of hydrogen-bond donors (Lipinski definition) is 2. The number of rotatable bonds is 6. The molecule has 140 valence electrons. The third kappa shape index (κ3) is 4.94. The number of fused-ring (bicyclic) bond motifs is 1. The second-order valence-electron chi connectivity index (χ2n) is 6.45. The van der Waals surface area contributed by atoms with Crippen LogP contribution in [0.5, 0.6) is 0 Å². The lowest BCUT2D eigenvalue weighted by atomic mass is 9.91. The van der Waals surface area contributed by atoms with Gasteiger partial charge in [-0.05, 0) is 30.5 Å². The summed E-state index contributed by atoms with van der Waals surface area (Å²) in [6.45, 7) is 8.63. The van der Waals surface area contributed by atoms with Gasteiger partial charge in [0.05, 0.1) is 0 Å². The molecule has 3 rings (SSSR count). The lowest BCUT2D eigenvalue weighted by Gasteiger charge is -2.25. The van der Waals surface area contributed by atoms with Crippen LogP contribution in [0, 0.1) is 0 Å².